The molecule has 1 fully saturated rings. The number of hydrogen-bond donors (Lipinski definition) is 0. The second-order valence-electron chi connectivity index (χ2n) is 9.90. The Hall–Kier alpha value is -2.49. The van der Waals surface area contributed by atoms with Gasteiger partial charge in [0, 0.05) is 0 Å². The van der Waals surface area contributed by atoms with E-state index in [1.807, 2.05) is 19.1 Å². The van der Waals surface area contributed by atoms with E-state index >= 15 is 0 Å². The number of ether oxygens (including phenoxy) is 3. The molecule has 0 bridgehead atoms. The highest BCUT2D eigenvalue weighted by atomic mass is 16.5. The van der Waals surface area contributed by atoms with Crippen molar-refractivity contribution in [3.8, 4) is 17.2 Å². The first-order chi connectivity index (χ1) is 17.2. The van der Waals surface area contributed by atoms with Crippen LogP contribution in [-0.4, -0.2) is 19.2 Å². The fourth-order valence-electron chi connectivity index (χ4n) is 5.03. The van der Waals surface area contributed by atoms with Crippen LogP contribution < -0.4 is 14.2 Å². The first-order valence-electron chi connectivity index (χ1n) is 13.9. The molecule has 0 unspecified atom stereocenters. The van der Waals surface area contributed by atoms with Crippen molar-refractivity contribution in [3.63, 3.8) is 0 Å². The smallest absolute Gasteiger partial charge is 0.343 e. The molecule has 2 aromatic rings. The molecule has 0 radical (unpaired) electrons. The zero-order chi connectivity index (χ0) is 24.7. The first kappa shape index (κ1) is 27.1. The zero-order valence-electron chi connectivity index (χ0n) is 21.8. The maximum atomic E-state index is 12.3. The van der Waals surface area contributed by atoms with E-state index in [9.17, 15) is 4.79 Å². The monoisotopic (exact) mass is 480 g/mol. The number of unbranched alkanes of at least 4 members (excludes halogenated alkanes) is 4. The molecule has 0 aliphatic heterocycles. The molecular formula is C31H44O4. The van der Waals surface area contributed by atoms with Gasteiger partial charge < -0.3 is 14.2 Å². The predicted octanol–water partition coefficient (Wildman–Crippen LogP) is 8.63. The minimum absolute atomic E-state index is 0.382. The van der Waals surface area contributed by atoms with E-state index in [4.69, 9.17) is 14.2 Å². The Morgan fingerprint density at radius 1 is 0.686 bits per heavy atom. The summed E-state index contributed by atoms with van der Waals surface area (Å²) < 4.78 is 16.8. The maximum absolute atomic E-state index is 12.3. The van der Waals surface area contributed by atoms with Crippen LogP contribution in [0.25, 0.3) is 0 Å². The molecule has 1 aliphatic carbocycles. The molecular weight excluding hydrogens is 436 g/mol. The van der Waals surface area contributed by atoms with Crippen molar-refractivity contribution in [2.24, 2.45) is 11.8 Å². The average Bonchev–Trinajstić information content (AvgIpc) is 2.89. The Balaban J connectivity index is 1.28. The van der Waals surface area contributed by atoms with Gasteiger partial charge in [-0.3, -0.25) is 0 Å². The van der Waals surface area contributed by atoms with Gasteiger partial charge in [-0.15, -0.1) is 0 Å². The van der Waals surface area contributed by atoms with Crippen LogP contribution in [0.15, 0.2) is 48.5 Å². The van der Waals surface area contributed by atoms with E-state index in [1.165, 1.54) is 70.6 Å². The fourth-order valence-corrected chi connectivity index (χ4v) is 5.03. The van der Waals surface area contributed by atoms with Crippen molar-refractivity contribution in [2.75, 3.05) is 13.2 Å². The van der Waals surface area contributed by atoms with Gasteiger partial charge in [-0.2, -0.15) is 0 Å². The lowest BCUT2D eigenvalue weighted by molar-refractivity contribution is 0.0734. The quantitative estimate of drug-likeness (QED) is 0.145. The van der Waals surface area contributed by atoms with Gasteiger partial charge in [0.25, 0.3) is 0 Å². The van der Waals surface area contributed by atoms with Crippen LogP contribution in [0, 0.1) is 11.8 Å². The van der Waals surface area contributed by atoms with Crippen molar-refractivity contribution in [3.05, 3.63) is 54.1 Å². The summed E-state index contributed by atoms with van der Waals surface area (Å²) in [6.07, 6.45) is 16.5. The molecule has 4 heteroatoms. The Bertz CT molecular complexity index is 835. The maximum Gasteiger partial charge on any atom is 0.343 e. The van der Waals surface area contributed by atoms with Crippen molar-refractivity contribution in [2.45, 2.75) is 90.9 Å². The lowest BCUT2D eigenvalue weighted by Gasteiger charge is -2.28. The molecule has 192 valence electrons. The average molecular weight is 481 g/mol. The molecule has 4 nitrogen and oxygen atoms in total. The summed E-state index contributed by atoms with van der Waals surface area (Å²) in [6, 6.07) is 14.3. The van der Waals surface area contributed by atoms with Crippen molar-refractivity contribution >= 4 is 5.97 Å². The Morgan fingerprint density at radius 2 is 1.23 bits per heavy atom. The van der Waals surface area contributed by atoms with Crippen LogP contribution in [0.4, 0.5) is 0 Å². The summed E-state index contributed by atoms with van der Waals surface area (Å²) in [7, 11) is 0. The summed E-state index contributed by atoms with van der Waals surface area (Å²) in [5.41, 5.74) is 0.495. The molecule has 0 atom stereocenters. The summed E-state index contributed by atoms with van der Waals surface area (Å²) in [5.74, 6) is 3.54. The molecule has 0 spiro atoms. The third-order valence-electron chi connectivity index (χ3n) is 7.14. The number of hydrogen-bond acceptors (Lipinski definition) is 4. The summed E-state index contributed by atoms with van der Waals surface area (Å²) in [4.78, 5) is 12.3. The van der Waals surface area contributed by atoms with Gasteiger partial charge in [0.15, 0.2) is 0 Å². The topological polar surface area (TPSA) is 44.8 Å². The standard InChI is InChI=1S/C31H44O4/c1-3-5-6-7-8-10-25-12-14-26(15-13-25)11-9-24-34-29-20-22-30(23-21-29)35-31(32)27-16-18-28(19-17-27)33-4-2/h16-23,25-26H,3-15,24H2,1-2H3. The van der Waals surface area contributed by atoms with E-state index in [0.717, 1.165) is 36.4 Å². The van der Waals surface area contributed by atoms with E-state index in [-0.39, 0.29) is 5.97 Å². The predicted molar refractivity (Wildman–Crippen MR) is 143 cm³/mol. The van der Waals surface area contributed by atoms with Gasteiger partial charge in [0.05, 0.1) is 18.8 Å². The fraction of sp³-hybridized carbons (Fsp3) is 0.581. The highest BCUT2D eigenvalue weighted by Gasteiger charge is 2.20. The number of carbonyl (C=O) groups excluding carboxylic acids is 1. The van der Waals surface area contributed by atoms with Gasteiger partial charge >= 0.3 is 5.97 Å². The molecule has 35 heavy (non-hydrogen) atoms. The highest BCUT2D eigenvalue weighted by molar-refractivity contribution is 5.91. The van der Waals surface area contributed by atoms with E-state index in [2.05, 4.69) is 6.92 Å². The van der Waals surface area contributed by atoms with Gasteiger partial charge in [-0.1, -0.05) is 71.1 Å². The van der Waals surface area contributed by atoms with E-state index < -0.39 is 0 Å². The zero-order valence-corrected chi connectivity index (χ0v) is 21.8. The Labute approximate surface area is 212 Å². The third kappa shape index (κ3) is 9.95. The largest absolute Gasteiger partial charge is 0.494 e. The SMILES string of the molecule is CCCCCCCC1CCC(CCCOc2ccc(OC(=O)c3ccc(OCC)cc3)cc2)CC1. The number of benzene rings is 2. The minimum Gasteiger partial charge on any atom is -0.494 e. The lowest BCUT2D eigenvalue weighted by atomic mass is 9.78. The van der Waals surface area contributed by atoms with Gasteiger partial charge in [0.1, 0.15) is 17.2 Å². The lowest BCUT2D eigenvalue weighted by Crippen LogP contribution is -2.15. The normalized spacial score (nSPS) is 17.7. The Morgan fingerprint density at radius 3 is 1.86 bits per heavy atom. The van der Waals surface area contributed by atoms with Crippen LogP contribution in [-0.2, 0) is 0 Å². The molecule has 0 amide bonds. The van der Waals surface area contributed by atoms with Gasteiger partial charge in [0.2, 0.25) is 0 Å². The van der Waals surface area contributed by atoms with Crippen LogP contribution >= 0.6 is 0 Å². The number of carbonyl (C=O) groups is 1. The summed E-state index contributed by atoms with van der Waals surface area (Å²) >= 11 is 0. The first-order valence-corrected chi connectivity index (χ1v) is 13.9. The molecule has 3 rings (SSSR count). The van der Waals surface area contributed by atoms with Crippen LogP contribution in [0.1, 0.15) is 101 Å². The Kier molecular flexibility index (Phi) is 12.0. The van der Waals surface area contributed by atoms with Crippen molar-refractivity contribution < 1.29 is 19.0 Å². The van der Waals surface area contributed by atoms with Gasteiger partial charge in [-0.25, -0.2) is 4.79 Å². The van der Waals surface area contributed by atoms with Crippen LogP contribution in [0.5, 0.6) is 17.2 Å². The highest BCUT2D eigenvalue weighted by Crippen LogP contribution is 2.34. The van der Waals surface area contributed by atoms with Crippen molar-refractivity contribution in [1.82, 2.24) is 0 Å². The summed E-state index contributed by atoms with van der Waals surface area (Å²) in [5, 5.41) is 0. The molecule has 1 saturated carbocycles. The molecule has 1 aliphatic rings. The summed E-state index contributed by atoms with van der Waals surface area (Å²) in [6.45, 7) is 5.55. The number of rotatable bonds is 15. The molecule has 0 saturated heterocycles. The molecule has 2 aromatic carbocycles. The van der Waals surface area contributed by atoms with Gasteiger partial charge in [-0.05, 0) is 80.1 Å². The molecule has 0 heterocycles. The second kappa shape index (κ2) is 15.5. The van der Waals surface area contributed by atoms with E-state index in [0.29, 0.717) is 17.9 Å². The minimum atomic E-state index is -0.382. The van der Waals surface area contributed by atoms with Crippen LogP contribution in [0.2, 0.25) is 0 Å². The second-order valence-corrected chi connectivity index (χ2v) is 9.90. The number of esters is 1. The van der Waals surface area contributed by atoms with Crippen LogP contribution in [0.3, 0.4) is 0 Å². The molecule has 0 N–H and O–H groups in total. The van der Waals surface area contributed by atoms with Crippen molar-refractivity contribution in [1.29, 1.82) is 0 Å². The third-order valence-corrected chi connectivity index (χ3v) is 7.14. The molecule has 0 aromatic heterocycles. The van der Waals surface area contributed by atoms with E-state index in [1.54, 1.807) is 36.4 Å².